The fourth-order valence-electron chi connectivity index (χ4n) is 2.48. The van der Waals surface area contributed by atoms with Crippen LogP contribution in [0, 0.1) is 5.92 Å². The predicted molar refractivity (Wildman–Crippen MR) is 63.0 cm³/mol. The number of aliphatic hydroxyl groups is 1. The minimum absolute atomic E-state index is 0.125. The molecule has 2 rings (SSSR count). The minimum Gasteiger partial charge on any atom is -0.388 e. The highest BCUT2D eigenvalue weighted by Crippen LogP contribution is 2.32. The maximum atomic E-state index is 11.5. The first-order valence-corrected chi connectivity index (χ1v) is 6.67. The van der Waals surface area contributed by atoms with Crippen LogP contribution in [0.5, 0.6) is 0 Å². The van der Waals surface area contributed by atoms with E-state index in [1.807, 2.05) is 0 Å². The van der Waals surface area contributed by atoms with Crippen molar-refractivity contribution in [1.82, 2.24) is 5.32 Å². The fraction of sp³-hybridized carbons (Fsp3) is 0.923. The maximum absolute atomic E-state index is 11.5. The van der Waals surface area contributed by atoms with Crippen LogP contribution in [0.2, 0.25) is 0 Å². The Balaban J connectivity index is 1.71. The zero-order chi connectivity index (χ0) is 11.4. The Morgan fingerprint density at radius 3 is 2.38 bits per heavy atom. The molecule has 0 spiro atoms. The Morgan fingerprint density at radius 1 is 1.19 bits per heavy atom. The Morgan fingerprint density at radius 2 is 1.81 bits per heavy atom. The average molecular weight is 225 g/mol. The summed E-state index contributed by atoms with van der Waals surface area (Å²) in [6.07, 6.45) is 9.39. The summed E-state index contributed by atoms with van der Waals surface area (Å²) in [6.45, 7) is 0.457. The number of hydrogen-bond acceptors (Lipinski definition) is 2. The van der Waals surface area contributed by atoms with Crippen molar-refractivity contribution in [2.24, 2.45) is 5.92 Å². The van der Waals surface area contributed by atoms with Crippen LogP contribution in [-0.4, -0.2) is 23.2 Å². The molecule has 2 saturated carbocycles. The van der Waals surface area contributed by atoms with Crippen LogP contribution in [0.25, 0.3) is 0 Å². The van der Waals surface area contributed by atoms with Crippen LogP contribution < -0.4 is 5.32 Å². The lowest BCUT2D eigenvalue weighted by Crippen LogP contribution is -2.42. The van der Waals surface area contributed by atoms with Gasteiger partial charge in [-0.15, -0.1) is 0 Å². The van der Waals surface area contributed by atoms with Crippen molar-refractivity contribution in [3.8, 4) is 0 Å². The molecule has 2 aliphatic carbocycles. The molecule has 3 nitrogen and oxygen atoms in total. The lowest BCUT2D eigenvalue weighted by molar-refractivity contribution is -0.122. The minimum atomic E-state index is -0.629. The van der Waals surface area contributed by atoms with Gasteiger partial charge >= 0.3 is 0 Å². The van der Waals surface area contributed by atoms with E-state index in [0.717, 1.165) is 25.7 Å². The van der Waals surface area contributed by atoms with E-state index in [2.05, 4.69) is 5.32 Å². The first-order valence-electron chi connectivity index (χ1n) is 6.67. The van der Waals surface area contributed by atoms with Crippen molar-refractivity contribution >= 4 is 5.91 Å². The molecule has 0 aromatic rings. The molecule has 0 atom stereocenters. The zero-order valence-electron chi connectivity index (χ0n) is 10.0. The third-order valence-electron chi connectivity index (χ3n) is 3.82. The molecule has 3 heteroatoms. The van der Waals surface area contributed by atoms with Gasteiger partial charge in [-0.1, -0.05) is 25.7 Å². The van der Waals surface area contributed by atoms with Gasteiger partial charge in [0.2, 0.25) is 5.91 Å². The summed E-state index contributed by atoms with van der Waals surface area (Å²) in [7, 11) is 0. The van der Waals surface area contributed by atoms with Crippen LogP contribution in [0.1, 0.15) is 57.8 Å². The number of rotatable bonds is 4. The Bertz CT molecular complexity index is 240. The van der Waals surface area contributed by atoms with Gasteiger partial charge in [0.1, 0.15) is 0 Å². The molecule has 0 unspecified atom stereocenters. The quantitative estimate of drug-likeness (QED) is 0.719. The van der Waals surface area contributed by atoms with Crippen LogP contribution in [-0.2, 0) is 4.79 Å². The SMILES string of the molecule is O=C(CC1CC1)NCC1(O)CCCCCC1. The van der Waals surface area contributed by atoms with Crippen LogP contribution in [0.3, 0.4) is 0 Å². The third-order valence-corrected chi connectivity index (χ3v) is 3.82. The van der Waals surface area contributed by atoms with Gasteiger partial charge in [0.15, 0.2) is 0 Å². The van der Waals surface area contributed by atoms with Crippen LogP contribution in [0.15, 0.2) is 0 Å². The van der Waals surface area contributed by atoms with Gasteiger partial charge in [0.25, 0.3) is 0 Å². The number of nitrogens with one attached hydrogen (secondary N) is 1. The average Bonchev–Trinajstić information content (AvgIpc) is 3.05. The zero-order valence-corrected chi connectivity index (χ0v) is 10.0. The molecule has 1 amide bonds. The highest BCUT2D eigenvalue weighted by Gasteiger charge is 2.29. The van der Waals surface area contributed by atoms with Gasteiger partial charge in [-0.05, 0) is 31.6 Å². The number of carbonyl (C=O) groups is 1. The number of hydrogen-bond donors (Lipinski definition) is 2. The van der Waals surface area contributed by atoms with Gasteiger partial charge in [-0.3, -0.25) is 4.79 Å². The monoisotopic (exact) mass is 225 g/mol. The van der Waals surface area contributed by atoms with Gasteiger partial charge < -0.3 is 10.4 Å². The summed E-state index contributed by atoms with van der Waals surface area (Å²) in [5.74, 6) is 0.754. The summed E-state index contributed by atoms with van der Waals surface area (Å²) in [5, 5.41) is 13.2. The van der Waals surface area contributed by atoms with Crippen molar-refractivity contribution in [3.63, 3.8) is 0 Å². The van der Waals surface area contributed by atoms with Gasteiger partial charge in [0.05, 0.1) is 5.60 Å². The summed E-state index contributed by atoms with van der Waals surface area (Å²) >= 11 is 0. The van der Waals surface area contributed by atoms with Crippen molar-refractivity contribution in [3.05, 3.63) is 0 Å². The van der Waals surface area contributed by atoms with Crippen molar-refractivity contribution in [1.29, 1.82) is 0 Å². The first-order chi connectivity index (χ1) is 7.68. The maximum Gasteiger partial charge on any atom is 0.220 e. The van der Waals surface area contributed by atoms with Crippen LogP contribution in [0.4, 0.5) is 0 Å². The van der Waals surface area contributed by atoms with E-state index >= 15 is 0 Å². The summed E-state index contributed by atoms with van der Waals surface area (Å²) < 4.78 is 0. The number of amides is 1. The van der Waals surface area contributed by atoms with Crippen molar-refractivity contribution in [2.45, 2.75) is 63.4 Å². The van der Waals surface area contributed by atoms with E-state index in [9.17, 15) is 9.90 Å². The molecular formula is C13H23NO2. The Hall–Kier alpha value is -0.570. The molecule has 2 fully saturated rings. The molecule has 0 saturated heterocycles. The lowest BCUT2D eigenvalue weighted by atomic mass is 9.94. The van der Waals surface area contributed by atoms with Crippen molar-refractivity contribution in [2.75, 3.05) is 6.54 Å². The molecule has 0 radical (unpaired) electrons. The molecular weight excluding hydrogens is 202 g/mol. The lowest BCUT2D eigenvalue weighted by Gasteiger charge is -2.26. The molecule has 0 bridgehead atoms. The molecule has 0 heterocycles. The smallest absolute Gasteiger partial charge is 0.220 e. The van der Waals surface area contributed by atoms with E-state index in [-0.39, 0.29) is 5.91 Å². The van der Waals surface area contributed by atoms with Crippen LogP contribution >= 0.6 is 0 Å². The van der Waals surface area contributed by atoms with Crippen molar-refractivity contribution < 1.29 is 9.90 Å². The second kappa shape index (κ2) is 5.17. The molecule has 0 aromatic carbocycles. The standard InChI is InChI=1S/C13H23NO2/c15-12(9-11-5-6-11)14-10-13(16)7-3-1-2-4-8-13/h11,16H,1-10H2,(H,14,15). The largest absolute Gasteiger partial charge is 0.388 e. The van der Waals surface area contributed by atoms with Gasteiger partial charge in [0, 0.05) is 13.0 Å². The molecule has 92 valence electrons. The third kappa shape index (κ3) is 3.78. The second-order valence-corrected chi connectivity index (χ2v) is 5.56. The summed E-state index contributed by atoms with van der Waals surface area (Å²) in [4.78, 5) is 11.5. The summed E-state index contributed by atoms with van der Waals surface area (Å²) in [5.41, 5.74) is -0.629. The summed E-state index contributed by atoms with van der Waals surface area (Å²) in [6, 6.07) is 0. The second-order valence-electron chi connectivity index (χ2n) is 5.56. The van der Waals surface area contributed by atoms with E-state index < -0.39 is 5.60 Å². The first kappa shape index (κ1) is 11.9. The number of carbonyl (C=O) groups excluding carboxylic acids is 1. The topological polar surface area (TPSA) is 49.3 Å². The molecule has 2 aliphatic rings. The van der Waals surface area contributed by atoms with E-state index in [1.54, 1.807) is 0 Å². The normalized spacial score (nSPS) is 24.8. The van der Waals surface area contributed by atoms with Gasteiger partial charge in [-0.2, -0.15) is 0 Å². The Labute approximate surface area is 97.6 Å². The molecule has 0 aliphatic heterocycles. The molecule has 2 N–H and O–H groups in total. The highest BCUT2D eigenvalue weighted by molar-refractivity contribution is 5.76. The Kier molecular flexibility index (Phi) is 3.85. The molecule has 0 aromatic heterocycles. The fourth-order valence-corrected chi connectivity index (χ4v) is 2.48. The molecule has 16 heavy (non-hydrogen) atoms. The highest BCUT2D eigenvalue weighted by atomic mass is 16.3. The van der Waals surface area contributed by atoms with E-state index in [1.165, 1.54) is 25.7 Å². The van der Waals surface area contributed by atoms with E-state index in [0.29, 0.717) is 18.9 Å². The van der Waals surface area contributed by atoms with Gasteiger partial charge in [-0.25, -0.2) is 0 Å². The van der Waals surface area contributed by atoms with E-state index in [4.69, 9.17) is 0 Å². The predicted octanol–water partition coefficient (Wildman–Crippen LogP) is 1.99.